The molecule has 530 valence electrons. The number of aliphatic hydroxyl groups excluding tert-OH is 2. The van der Waals surface area contributed by atoms with Crippen molar-refractivity contribution in [3.8, 4) is 29.1 Å². The summed E-state index contributed by atoms with van der Waals surface area (Å²) < 4.78 is 60.5. The van der Waals surface area contributed by atoms with Crippen LogP contribution in [0.5, 0.6) is 23.0 Å². The molecule has 0 radical (unpaired) electrons. The van der Waals surface area contributed by atoms with Gasteiger partial charge in [-0.1, -0.05) is 25.6 Å². The van der Waals surface area contributed by atoms with Crippen molar-refractivity contribution in [3.05, 3.63) is 135 Å². The Hall–Kier alpha value is -7.68. The Bertz CT molecular complexity index is 3770. The van der Waals surface area contributed by atoms with Crippen molar-refractivity contribution in [3.63, 3.8) is 0 Å². The number of aliphatic hydroxyl groups is 2. The first-order valence-electron chi connectivity index (χ1n) is 33.3. The van der Waals surface area contributed by atoms with Crippen LogP contribution in [0.3, 0.4) is 0 Å². The van der Waals surface area contributed by atoms with Gasteiger partial charge in [-0.25, -0.2) is 14.5 Å². The number of nitriles is 1. The number of carbonyl (C=O) groups is 4. The Balaban J connectivity index is 0.000000195. The van der Waals surface area contributed by atoms with Crippen LogP contribution in [0.1, 0.15) is 166 Å². The van der Waals surface area contributed by atoms with Crippen LogP contribution < -0.4 is 18.9 Å². The highest BCUT2D eigenvalue weighted by atomic mass is 35.7. The molecule has 24 nitrogen and oxygen atoms in total. The Kier molecular flexibility index (Phi) is 24.7. The van der Waals surface area contributed by atoms with Gasteiger partial charge >= 0.3 is 0 Å². The van der Waals surface area contributed by atoms with Crippen molar-refractivity contribution in [1.29, 1.82) is 5.26 Å². The molecule has 0 bridgehead atoms. The zero-order valence-electron chi connectivity index (χ0n) is 56.7. The third-order valence-electron chi connectivity index (χ3n) is 18.9. The SMILES string of the molecule is C.[C-]#[N+]c1ccc2c(c1)[C@@H](N1CCCC1=O)[C@H](O)C(C)(C)O2.[C-]#[N+]c1ccc2c(c1)[C@@H](N1CCCC1=O)[C@H](OCCOCCO)C(C)(C)O2.[C-]#[N+]c1ccc2c(c1)[C@@H](N1CCCC1=O)[C@H](OCCOCCOP(Cl)O[C@H]1[C@H](N3CCCC3=O)c3cc(C#N)ccc3OC1(C)C)C(C)(C)O2. The number of hydrogen-bond donors (Lipinski definition) is 2. The van der Waals surface area contributed by atoms with E-state index in [1.165, 1.54) is 0 Å². The molecule has 8 aliphatic rings. The first-order valence-corrected chi connectivity index (χ1v) is 35.4. The van der Waals surface area contributed by atoms with Gasteiger partial charge in [-0.2, -0.15) is 5.26 Å². The third-order valence-corrected chi connectivity index (χ3v) is 20.2. The van der Waals surface area contributed by atoms with E-state index >= 15 is 0 Å². The van der Waals surface area contributed by atoms with Crippen LogP contribution in [0.15, 0.2) is 72.8 Å². The number of hydrogen-bond acceptors (Lipinski definition) is 17. The maximum atomic E-state index is 12.9. The van der Waals surface area contributed by atoms with E-state index in [0.717, 1.165) is 42.4 Å². The number of rotatable bonds is 20. The lowest BCUT2D eigenvalue weighted by Crippen LogP contribution is -2.55. The summed E-state index contributed by atoms with van der Waals surface area (Å²) in [6.07, 6.45) is 2.74. The minimum Gasteiger partial charge on any atom is -0.485 e. The predicted molar refractivity (Wildman–Crippen MR) is 367 cm³/mol. The number of halogens is 1. The monoisotopic (exact) mass is 1400 g/mol. The van der Waals surface area contributed by atoms with Gasteiger partial charge in [0.2, 0.25) is 23.6 Å². The van der Waals surface area contributed by atoms with E-state index < -0.39 is 72.7 Å². The summed E-state index contributed by atoms with van der Waals surface area (Å²) in [5, 5.41) is 29.1. The van der Waals surface area contributed by atoms with Crippen LogP contribution in [-0.2, 0) is 47.2 Å². The number of ether oxygens (including phenoxy) is 8. The average molecular weight is 1400 g/mol. The predicted octanol–water partition coefficient (Wildman–Crippen LogP) is 12.3. The van der Waals surface area contributed by atoms with Crippen molar-refractivity contribution < 1.29 is 76.3 Å². The number of fused-ring (bicyclic) bond motifs is 4. The fourth-order valence-electron chi connectivity index (χ4n) is 14.3. The minimum atomic E-state index is -1.91. The summed E-state index contributed by atoms with van der Waals surface area (Å²) >= 11 is 6.63. The van der Waals surface area contributed by atoms with E-state index in [4.69, 9.17) is 83.0 Å². The van der Waals surface area contributed by atoms with Crippen LogP contribution in [0.25, 0.3) is 14.5 Å². The van der Waals surface area contributed by atoms with Crippen LogP contribution in [0.4, 0.5) is 17.1 Å². The zero-order valence-corrected chi connectivity index (χ0v) is 58.4. The zero-order chi connectivity index (χ0) is 70.3. The lowest BCUT2D eigenvalue weighted by atomic mass is 9.85. The number of likely N-dealkylation sites (tertiary alicyclic amines) is 4. The number of amides is 4. The van der Waals surface area contributed by atoms with Gasteiger partial charge in [0, 0.05) is 74.1 Å². The lowest BCUT2D eigenvalue weighted by molar-refractivity contribution is -0.152. The van der Waals surface area contributed by atoms with Gasteiger partial charge in [0.25, 0.3) is 7.73 Å². The number of carbonyl (C=O) groups excluding carboxylic acids is 4. The van der Waals surface area contributed by atoms with Crippen LogP contribution >= 0.6 is 19.0 Å². The molecule has 8 heterocycles. The van der Waals surface area contributed by atoms with Crippen molar-refractivity contribution >= 4 is 59.7 Å². The van der Waals surface area contributed by atoms with Crippen LogP contribution in [0.2, 0.25) is 0 Å². The van der Waals surface area contributed by atoms with E-state index in [1.807, 2.05) is 65.2 Å². The normalized spacial score (nSPS) is 25.1. The molecule has 4 aromatic rings. The molecule has 0 saturated carbocycles. The first kappa shape index (κ1) is 75.5. The molecule has 0 aromatic heterocycles. The fourth-order valence-corrected chi connectivity index (χ4v) is 15.5. The maximum absolute atomic E-state index is 12.9. The number of benzene rings is 4. The topological polar surface area (TPSA) is 251 Å². The molecule has 4 fully saturated rings. The summed E-state index contributed by atoms with van der Waals surface area (Å²) in [7, 11) is -1.91. The summed E-state index contributed by atoms with van der Waals surface area (Å²) in [4.78, 5) is 68.2. The second-order valence-corrected chi connectivity index (χ2v) is 29.0. The van der Waals surface area contributed by atoms with Crippen molar-refractivity contribution in [2.24, 2.45) is 0 Å². The Morgan fingerprint density at radius 3 is 1.24 bits per heavy atom. The van der Waals surface area contributed by atoms with Gasteiger partial charge in [0.15, 0.2) is 17.1 Å². The van der Waals surface area contributed by atoms with Crippen LogP contribution in [0, 0.1) is 31.0 Å². The molecule has 8 aliphatic heterocycles. The first-order chi connectivity index (χ1) is 46.8. The van der Waals surface area contributed by atoms with E-state index in [0.29, 0.717) is 116 Å². The van der Waals surface area contributed by atoms with E-state index in [2.05, 4.69) is 20.6 Å². The standard InChI is InChI=1S/C36H42ClN4O8P.C20H26N2O5.C16H18N2O3.CH4/c1-35(2)33(31(40-14-6-8-29(40)42)26-21-24(39-5)11-13-28(26)47-35)45-18-16-44-17-19-46-50(37)49-34-32(41-15-7-9-30(41)43)25-20-23(22-38)10-12-27(25)48-36(34,3)4;1-20(2)19(26-12-11-25-10-9-23)18(22-8-4-5-17(22)24)15-13-14(21-3)6-7-16(15)27-20;1-16(2)15(20)14(18-8-4-5-13(18)19)11-9-10(17-3)6-7-12(11)21-16;/h10-13,20-21,31-34H,6-9,14-19H2,1-4H3;6-7,13,18-19,23H,4-5,8-12H2,1-2H3;6-7,9,14-15,20H,4-5,8H2,1-2H3;1H4/t31-,32-,33+,34+,50?;18-,19+;14-,15+;/m111./s1. The van der Waals surface area contributed by atoms with E-state index in [1.54, 1.807) is 82.6 Å². The molecule has 4 aromatic carbocycles. The quantitative estimate of drug-likeness (QED) is 0.0474. The Morgan fingerprint density at radius 2 is 0.859 bits per heavy atom. The average Bonchev–Trinajstić information content (AvgIpc) is 1.23. The molecule has 4 saturated heterocycles. The molecular formula is C73H90ClN8O16P. The van der Waals surface area contributed by atoms with Crippen molar-refractivity contribution in [1.82, 2.24) is 19.6 Å². The van der Waals surface area contributed by atoms with Crippen molar-refractivity contribution in [2.75, 3.05) is 79.0 Å². The molecule has 9 atom stereocenters. The maximum Gasteiger partial charge on any atom is 0.277 e. The summed E-state index contributed by atoms with van der Waals surface area (Å²) in [6.45, 7) is 41.4. The Morgan fingerprint density at radius 1 is 0.515 bits per heavy atom. The molecule has 4 amide bonds. The summed E-state index contributed by atoms with van der Waals surface area (Å²) in [6, 6.07) is 21.6. The highest BCUT2D eigenvalue weighted by Crippen LogP contribution is 2.55. The fraction of sp³-hybridized carbons (Fsp3) is 0.562. The third kappa shape index (κ3) is 16.7. The molecule has 12 rings (SSSR count). The largest absolute Gasteiger partial charge is 0.485 e. The minimum absolute atomic E-state index is 0. The van der Waals surface area contributed by atoms with E-state index in [-0.39, 0.29) is 76.7 Å². The molecule has 2 N–H and O–H groups in total. The van der Waals surface area contributed by atoms with E-state index in [9.17, 15) is 29.5 Å². The summed E-state index contributed by atoms with van der Waals surface area (Å²) in [5.41, 5.74) is 1.94. The molecular weight excluding hydrogens is 1310 g/mol. The second-order valence-electron chi connectivity index (χ2n) is 27.3. The van der Waals surface area contributed by atoms with Gasteiger partial charge in [-0.05, 0) is 147 Å². The van der Waals surface area contributed by atoms with Gasteiger partial charge < -0.3 is 76.8 Å². The highest BCUT2D eigenvalue weighted by molar-refractivity contribution is 7.76. The van der Waals surface area contributed by atoms with Crippen LogP contribution in [-0.4, -0.2) is 179 Å². The van der Waals surface area contributed by atoms with Crippen molar-refractivity contribution in [2.45, 2.75) is 185 Å². The smallest absolute Gasteiger partial charge is 0.277 e. The molecule has 0 spiro atoms. The Labute approximate surface area is 586 Å². The molecule has 26 heteroatoms. The molecule has 1 unspecified atom stereocenters. The highest BCUT2D eigenvalue weighted by Gasteiger charge is 2.54. The van der Waals surface area contributed by atoms with Gasteiger partial charge in [0.05, 0.1) is 108 Å². The van der Waals surface area contributed by atoms with Gasteiger partial charge in [0.1, 0.15) is 69.8 Å². The molecule has 0 aliphatic carbocycles. The second kappa shape index (κ2) is 32.3. The van der Waals surface area contributed by atoms with Gasteiger partial charge in [-0.3, -0.25) is 19.2 Å². The lowest BCUT2D eigenvalue weighted by Gasteiger charge is -2.47. The van der Waals surface area contributed by atoms with Gasteiger partial charge in [-0.15, -0.1) is 0 Å². The summed E-state index contributed by atoms with van der Waals surface area (Å²) in [5.74, 6) is 2.81. The molecule has 99 heavy (non-hydrogen) atoms. The number of nitrogens with zero attached hydrogens (tertiary/aromatic N) is 8.